The van der Waals surface area contributed by atoms with Crippen LogP contribution in [0.1, 0.15) is 78.8 Å². The maximum Gasteiger partial charge on any atom is 0.408 e. The van der Waals surface area contributed by atoms with Gasteiger partial charge < -0.3 is 31.1 Å². The number of nitrogens with zero attached hydrogens (tertiary/aromatic N) is 1. The van der Waals surface area contributed by atoms with Gasteiger partial charge in [0.1, 0.15) is 23.4 Å². The first kappa shape index (κ1) is 29.7. The molecule has 0 bridgehead atoms. The van der Waals surface area contributed by atoms with Gasteiger partial charge in [0.25, 0.3) is 0 Å². The van der Waals surface area contributed by atoms with Gasteiger partial charge in [-0.05, 0) is 65.2 Å². The Kier molecular flexibility index (Phi) is 11.5. The number of alkyl carbamates (subject to hydrolysis) is 1. The molecule has 0 aliphatic rings. The molecule has 196 valence electrons. The summed E-state index contributed by atoms with van der Waals surface area (Å²) in [5.41, 5.74) is 4.91. The first-order valence-corrected chi connectivity index (χ1v) is 11.9. The number of amides is 4. The van der Waals surface area contributed by atoms with Crippen LogP contribution in [0.2, 0.25) is 0 Å². The highest BCUT2D eigenvalue weighted by Crippen LogP contribution is 2.26. The number of hydrogen-bond donors (Lipinski definition) is 4. The summed E-state index contributed by atoms with van der Waals surface area (Å²) < 4.78 is 5.30. The normalized spacial score (nSPS) is 13.0. The highest BCUT2D eigenvalue weighted by atomic mass is 16.6. The fourth-order valence-corrected chi connectivity index (χ4v) is 3.42. The molecule has 1 rings (SSSR count). The molecule has 10 heteroatoms. The molecular weight excluding hydrogens is 452 g/mol. The fraction of sp³-hybridized carbons (Fsp3) is 0.600. The van der Waals surface area contributed by atoms with Gasteiger partial charge in [-0.25, -0.2) is 4.79 Å². The number of rotatable bonds is 12. The zero-order valence-electron chi connectivity index (χ0n) is 21.6. The number of aromatic hydroxyl groups is 1. The SMILES string of the molecule is CCCCN(C(=O)C(CCC(N)=O)NC(=O)OC(C)(C)C)C(C(=O)NC(C)C)c1cccc(O)c1. The van der Waals surface area contributed by atoms with Crippen molar-refractivity contribution in [1.29, 1.82) is 0 Å². The van der Waals surface area contributed by atoms with Gasteiger partial charge in [-0.15, -0.1) is 0 Å². The Labute approximate surface area is 207 Å². The van der Waals surface area contributed by atoms with Crippen molar-refractivity contribution in [2.75, 3.05) is 6.54 Å². The lowest BCUT2D eigenvalue weighted by Gasteiger charge is -2.35. The highest BCUT2D eigenvalue weighted by molar-refractivity contribution is 5.92. The summed E-state index contributed by atoms with van der Waals surface area (Å²) in [6.07, 6.45) is 0.298. The molecule has 0 fully saturated rings. The predicted octanol–water partition coefficient (Wildman–Crippen LogP) is 2.75. The van der Waals surface area contributed by atoms with Crippen LogP contribution in [0, 0.1) is 0 Å². The van der Waals surface area contributed by atoms with Crippen LogP contribution in [0.3, 0.4) is 0 Å². The maximum atomic E-state index is 13.8. The Bertz CT molecular complexity index is 881. The van der Waals surface area contributed by atoms with Gasteiger partial charge in [-0.2, -0.15) is 0 Å². The van der Waals surface area contributed by atoms with Crippen molar-refractivity contribution in [3.8, 4) is 5.75 Å². The number of ether oxygens (including phenoxy) is 1. The molecule has 4 amide bonds. The van der Waals surface area contributed by atoms with Crippen molar-refractivity contribution >= 4 is 23.8 Å². The number of nitrogens with one attached hydrogen (secondary N) is 2. The summed E-state index contributed by atoms with van der Waals surface area (Å²) in [6, 6.07) is 3.72. The molecule has 10 nitrogen and oxygen atoms in total. The van der Waals surface area contributed by atoms with Gasteiger partial charge in [0.15, 0.2) is 0 Å². The van der Waals surface area contributed by atoms with E-state index < -0.39 is 41.5 Å². The van der Waals surface area contributed by atoms with E-state index >= 15 is 0 Å². The van der Waals surface area contributed by atoms with E-state index in [0.29, 0.717) is 12.0 Å². The Morgan fingerprint density at radius 1 is 1.14 bits per heavy atom. The molecule has 0 spiro atoms. The third-order valence-electron chi connectivity index (χ3n) is 4.88. The lowest BCUT2D eigenvalue weighted by molar-refractivity contribution is -0.143. The van der Waals surface area contributed by atoms with E-state index in [1.54, 1.807) is 46.8 Å². The molecule has 0 saturated carbocycles. The molecule has 2 unspecified atom stereocenters. The number of benzene rings is 1. The van der Waals surface area contributed by atoms with Crippen LogP contribution in [-0.4, -0.2) is 58.1 Å². The Hall–Kier alpha value is -3.30. The molecule has 0 saturated heterocycles. The van der Waals surface area contributed by atoms with Crippen LogP contribution < -0.4 is 16.4 Å². The topological polar surface area (TPSA) is 151 Å². The lowest BCUT2D eigenvalue weighted by atomic mass is 10.0. The lowest BCUT2D eigenvalue weighted by Crippen LogP contribution is -2.53. The number of carbonyl (C=O) groups excluding carboxylic acids is 4. The van der Waals surface area contributed by atoms with Gasteiger partial charge in [0, 0.05) is 19.0 Å². The van der Waals surface area contributed by atoms with Crippen LogP contribution in [0.5, 0.6) is 5.75 Å². The molecular formula is C25H40N4O6. The standard InChI is InChI=1S/C25H40N4O6/c1-7-8-14-29(21(22(32)27-16(2)3)17-10-9-11-18(30)15-17)23(33)19(12-13-20(26)31)28-24(34)35-25(4,5)6/h9-11,15-16,19,21,30H,7-8,12-14H2,1-6H3,(H2,26,31)(H,27,32)(H,28,34). The van der Waals surface area contributed by atoms with Gasteiger partial charge >= 0.3 is 6.09 Å². The van der Waals surface area contributed by atoms with E-state index in [1.807, 2.05) is 6.92 Å². The maximum absolute atomic E-state index is 13.8. The Morgan fingerprint density at radius 2 is 1.80 bits per heavy atom. The molecule has 0 radical (unpaired) electrons. The largest absolute Gasteiger partial charge is 0.508 e. The van der Waals surface area contributed by atoms with E-state index in [0.717, 1.165) is 6.42 Å². The van der Waals surface area contributed by atoms with Gasteiger partial charge in [0.05, 0.1) is 0 Å². The fourth-order valence-electron chi connectivity index (χ4n) is 3.42. The van der Waals surface area contributed by atoms with Crippen molar-refractivity contribution in [2.24, 2.45) is 5.73 Å². The van der Waals surface area contributed by atoms with Crippen LogP contribution in [-0.2, 0) is 19.1 Å². The average molecular weight is 493 g/mol. The number of primary amides is 1. The number of hydrogen-bond acceptors (Lipinski definition) is 6. The number of carbonyl (C=O) groups is 4. The molecule has 0 aliphatic heterocycles. The van der Waals surface area contributed by atoms with Crippen molar-refractivity contribution in [3.63, 3.8) is 0 Å². The van der Waals surface area contributed by atoms with Crippen molar-refractivity contribution in [1.82, 2.24) is 15.5 Å². The summed E-state index contributed by atoms with van der Waals surface area (Å²) in [7, 11) is 0. The summed E-state index contributed by atoms with van der Waals surface area (Å²) in [6.45, 7) is 10.8. The number of nitrogens with two attached hydrogens (primary N) is 1. The smallest absolute Gasteiger partial charge is 0.408 e. The number of phenolic OH excluding ortho intramolecular Hbond substituents is 1. The van der Waals surface area contributed by atoms with Crippen molar-refractivity contribution < 1.29 is 29.0 Å². The average Bonchev–Trinajstić information content (AvgIpc) is 2.71. The minimum absolute atomic E-state index is 0.0510. The van der Waals surface area contributed by atoms with Gasteiger partial charge in [0.2, 0.25) is 17.7 Å². The second-order valence-corrected chi connectivity index (χ2v) is 9.75. The second kappa shape index (κ2) is 13.6. The zero-order chi connectivity index (χ0) is 26.8. The highest BCUT2D eigenvalue weighted by Gasteiger charge is 2.36. The monoisotopic (exact) mass is 492 g/mol. The van der Waals surface area contributed by atoms with Crippen LogP contribution in [0.25, 0.3) is 0 Å². The van der Waals surface area contributed by atoms with Gasteiger partial charge in [-0.1, -0.05) is 25.5 Å². The van der Waals surface area contributed by atoms with E-state index in [4.69, 9.17) is 10.5 Å². The summed E-state index contributed by atoms with van der Waals surface area (Å²) in [5.74, 6) is -1.67. The van der Waals surface area contributed by atoms with Gasteiger partial charge in [-0.3, -0.25) is 14.4 Å². The van der Waals surface area contributed by atoms with E-state index in [1.165, 1.54) is 17.0 Å². The summed E-state index contributed by atoms with van der Waals surface area (Å²) >= 11 is 0. The van der Waals surface area contributed by atoms with E-state index in [-0.39, 0.29) is 31.2 Å². The van der Waals surface area contributed by atoms with Crippen LogP contribution in [0.4, 0.5) is 4.79 Å². The minimum Gasteiger partial charge on any atom is -0.508 e. The zero-order valence-corrected chi connectivity index (χ0v) is 21.6. The first-order chi connectivity index (χ1) is 16.2. The Morgan fingerprint density at radius 3 is 2.31 bits per heavy atom. The van der Waals surface area contributed by atoms with E-state index in [9.17, 15) is 24.3 Å². The molecule has 2 atom stereocenters. The molecule has 1 aromatic rings. The minimum atomic E-state index is -1.15. The molecule has 1 aromatic carbocycles. The summed E-state index contributed by atoms with van der Waals surface area (Å²) in [5, 5.41) is 15.4. The van der Waals surface area contributed by atoms with Crippen LogP contribution >= 0.6 is 0 Å². The van der Waals surface area contributed by atoms with E-state index in [2.05, 4.69) is 10.6 Å². The molecule has 0 aliphatic carbocycles. The molecule has 0 heterocycles. The third-order valence-corrected chi connectivity index (χ3v) is 4.88. The van der Waals surface area contributed by atoms with Crippen LogP contribution in [0.15, 0.2) is 24.3 Å². The third kappa shape index (κ3) is 10.7. The van der Waals surface area contributed by atoms with Crippen molar-refractivity contribution in [2.45, 2.75) is 91.0 Å². The van der Waals surface area contributed by atoms with Crippen molar-refractivity contribution in [3.05, 3.63) is 29.8 Å². The molecule has 5 N–H and O–H groups in total. The first-order valence-electron chi connectivity index (χ1n) is 11.9. The summed E-state index contributed by atoms with van der Waals surface area (Å²) in [4.78, 5) is 52.4. The predicted molar refractivity (Wildman–Crippen MR) is 132 cm³/mol. The second-order valence-electron chi connectivity index (χ2n) is 9.75. The Balaban J connectivity index is 3.46. The molecule has 35 heavy (non-hydrogen) atoms. The quantitative estimate of drug-likeness (QED) is 0.352. The number of phenols is 1. The molecule has 0 aromatic heterocycles. The number of unbranched alkanes of at least 4 members (excludes halogenated alkanes) is 1.